The first-order valence-electron chi connectivity index (χ1n) is 18.5. The number of hydroxylamine groups is 2. The molecule has 2 heterocycles. The first-order chi connectivity index (χ1) is 28.7. The molecule has 14 nitrogen and oxygen atoms in total. The van der Waals surface area contributed by atoms with E-state index < -0.39 is 60.2 Å². The Balaban J connectivity index is 1.29. The summed E-state index contributed by atoms with van der Waals surface area (Å²) >= 11 is 0. The standard InChI is InChI=1S/C45H39N3O11/c1-54-34-21-17-32(18-22-34)45(31-13-7-4-8-14-31,33-19-23-35(55-2)24-20-33)57-27-36(28-58-48-41(50)37-15-9-10-16-38(37)42(48)51)59-40(47-26-25-39(49)46-44(47)53)29-56-43(52)30-11-5-3-6-12-30/h3-26,36,40H,27-29H2,1-2H3,(H,46,49,53)/t36-,40-/m1/s1. The summed E-state index contributed by atoms with van der Waals surface area (Å²) in [7, 11) is 3.13. The van der Waals surface area contributed by atoms with E-state index in [1.807, 2.05) is 54.6 Å². The van der Waals surface area contributed by atoms with Gasteiger partial charge in [-0.3, -0.25) is 28.8 Å². The Morgan fingerprint density at radius 1 is 0.627 bits per heavy atom. The Morgan fingerprint density at radius 2 is 1.15 bits per heavy atom. The Labute approximate surface area is 338 Å². The van der Waals surface area contributed by atoms with Gasteiger partial charge < -0.3 is 23.7 Å². The zero-order valence-electron chi connectivity index (χ0n) is 32.0. The Hall–Kier alpha value is -7.13. The fourth-order valence-corrected chi connectivity index (χ4v) is 6.73. The summed E-state index contributed by atoms with van der Waals surface area (Å²) in [6.07, 6.45) is -1.37. The van der Waals surface area contributed by atoms with Crippen molar-refractivity contribution in [2.45, 2.75) is 17.9 Å². The van der Waals surface area contributed by atoms with Crippen molar-refractivity contribution in [3.05, 3.63) is 200 Å². The number of aromatic nitrogens is 2. The number of nitrogens with one attached hydrogen (secondary N) is 1. The van der Waals surface area contributed by atoms with Crippen LogP contribution in [0.5, 0.6) is 11.5 Å². The third kappa shape index (κ3) is 8.60. The van der Waals surface area contributed by atoms with Gasteiger partial charge in [0.1, 0.15) is 36.4 Å². The minimum absolute atomic E-state index is 0.166. The molecule has 2 amide bonds. The van der Waals surface area contributed by atoms with Gasteiger partial charge >= 0.3 is 11.7 Å². The minimum Gasteiger partial charge on any atom is -0.497 e. The molecule has 1 aliphatic heterocycles. The topological polar surface area (TPSA) is 165 Å². The molecule has 5 aromatic carbocycles. The predicted molar refractivity (Wildman–Crippen MR) is 213 cm³/mol. The van der Waals surface area contributed by atoms with Crippen LogP contribution >= 0.6 is 0 Å². The number of hydrogen-bond acceptors (Lipinski definition) is 11. The van der Waals surface area contributed by atoms with Crippen LogP contribution < -0.4 is 20.7 Å². The molecule has 1 N–H and O–H groups in total. The van der Waals surface area contributed by atoms with Crippen molar-refractivity contribution in [3.63, 3.8) is 0 Å². The van der Waals surface area contributed by atoms with Crippen LogP contribution in [0.25, 0.3) is 0 Å². The number of imide groups is 1. The maximum atomic E-state index is 13.4. The van der Waals surface area contributed by atoms with Crippen LogP contribution in [0.15, 0.2) is 155 Å². The van der Waals surface area contributed by atoms with Crippen LogP contribution in [-0.4, -0.2) is 72.5 Å². The van der Waals surface area contributed by atoms with Gasteiger partial charge in [-0.15, -0.1) is 5.06 Å². The number of ether oxygens (including phenoxy) is 5. The van der Waals surface area contributed by atoms with Crippen LogP contribution in [0.3, 0.4) is 0 Å². The number of nitrogens with zero attached hydrogens (tertiary/aromatic N) is 2. The quantitative estimate of drug-likeness (QED) is 0.0701. The number of carbonyl (C=O) groups is 3. The normalized spacial score (nSPS) is 13.4. The van der Waals surface area contributed by atoms with Crippen molar-refractivity contribution in [3.8, 4) is 11.5 Å². The van der Waals surface area contributed by atoms with Gasteiger partial charge in [0.05, 0.1) is 37.5 Å². The molecule has 14 heteroatoms. The molecule has 1 aliphatic rings. The number of methoxy groups -OCH3 is 2. The van der Waals surface area contributed by atoms with Gasteiger partial charge in [-0.05, 0) is 65.2 Å². The van der Waals surface area contributed by atoms with E-state index >= 15 is 0 Å². The lowest BCUT2D eigenvalue weighted by atomic mass is 9.80. The molecule has 0 bridgehead atoms. The van der Waals surface area contributed by atoms with E-state index in [9.17, 15) is 24.0 Å². The largest absolute Gasteiger partial charge is 0.497 e. The van der Waals surface area contributed by atoms with Gasteiger partial charge in [-0.2, -0.15) is 0 Å². The second-order valence-electron chi connectivity index (χ2n) is 13.3. The van der Waals surface area contributed by atoms with E-state index in [0.29, 0.717) is 27.7 Å². The number of H-pyrrole nitrogens is 1. The molecule has 0 radical (unpaired) electrons. The third-order valence-electron chi connectivity index (χ3n) is 9.68. The molecular formula is C45H39N3O11. The van der Waals surface area contributed by atoms with Gasteiger partial charge in [-0.25, -0.2) is 9.59 Å². The molecule has 6 aromatic rings. The third-order valence-corrected chi connectivity index (χ3v) is 9.68. The average molecular weight is 798 g/mol. The smallest absolute Gasteiger partial charge is 0.338 e. The lowest BCUT2D eigenvalue weighted by Gasteiger charge is -2.37. The molecule has 59 heavy (non-hydrogen) atoms. The highest BCUT2D eigenvalue weighted by molar-refractivity contribution is 6.20. The molecule has 300 valence electrons. The van der Waals surface area contributed by atoms with Crippen LogP contribution in [0.4, 0.5) is 0 Å². The Bertz CT molecular complexity index is 2440. The molecule has 1 aromatic heterocycles. The number of amides is 2. The number of esters is 1. The van der Waals surface area contributed by atoms with Gasteiger partial charge in [0.15, 0.2) is 6.23 Å². The van der Waals surface area contributed by atoms with Crippen molar-refractivity contribution in [1.82, 2.24) is 14.6 Å². The predicted octanol–water partition coefficient (Wildman–Crippen LogP) is 5.53. The molecule has 0 fully saturated rings. The zero-order valence-corrected chi connectivity index (χ0v) is 32.0. The summed E-state index contributed by atoms with van der Waals surface area (Å²) in [6, 6.07) is 39.8. The number of benzene rings is 5. The highest BCUT2D eigenvalue weighted by Crippen LogP contribution is 2.42. The first-order valence-corrected chi connectivity index (χ1v) is 18.5. The molecule has 0 aliphatic carbocycles. The molecular weight excluding hydrogens is 759 g/mol. The first kappa shape index (κ1) is 40.1. The molecule has 2 atom stereocenters. The van der Waals surface area contributed by atoms with Crippen molar-refractivity contribution in [2.75, 3.05) is 34.0 Å². The highest BCUT2D eigenvalue weighted by Gasteiger charge is 2.41. The van der Waals surface area contributed by atoms with Crippen LogP contribution in [-0.2, 0) is 24.6 Å². The number of fused-ring (bicyclic) bond motifs is 1. The lowest BCUT2D eigenvalue weighted by molar-refractivity contribution is -0.179. The van der Waals surface area contributed by atoms with Gasteiger partial charge in [-0.1, -0.05) is 84.9 Å². The van der Waals surface area contributed by atoms with E-state index in [2.05, 4.69) is 4.98 Å². The SMILES string of the molecule is COc1ccc(C(OC[C@H](CON2C(=O)c3ccccc3C2=O)O[C@H](COC(=O)c2ccccc2)n2ccc(=O)[nH]c2=O)(c2ccccc2)c2ccc(OC)cc2)cc1. The summed E-state index contributed by atoms with van der Waals surface area (Å²) in [5, 5.41) is 0.648. The number of rotatable bonds is 17. The van der Waals surface area contributed by atoms with Gasteiger partial charge in [0.2, 0.25) is 0 Å². The van der Waals surface area contributed by atoms with E-state index in [4.69, 9.17) is 28.5 Å². The van der Waals surface area contributed by atoms with Gasteiger partial charge in [0.25, 0.3) is 17.4 Å². The molecule has 0 unspecified atom stereocenters. The second kappa shape index (κ2) is 18.0. The van der Waals surface area contributed by atoms with Crippen LogP contribution in [0.2, 0.25) is 0 Å². The van der Waals surface area contributed by atoms with E-state index in [1.165, 1.54) is 18.3 Å². The summed E-state index contributed by atoms with van der Waals surface area (Å²) in [6.45, 7) is -1.29. The Morgan fingerprint density at radius 3 is 1.69 bits per heavy atom. The summed E-state index contributed by atoms with van der Waals surface area (Å²) in [5.74, 6) is -0.828. The maximum Gasteiger partial charge on any atom is 0.338 e. The van der Waals surface area contributed by atoms with Crippen molar-refractivity contribution < 1.29 is 42.9 Å². The Kier molecular flexibility index (Phi) is 12.2. The van der Waals surface area contributed by atoms with E-state index in [1.54, 1.807) is 80.9 Å². The van der Waals surface area contributed by atoms with E-state index in [0.717, 1.165) is 16.2 Å². The zero-order chi connectivity index (χ0) is 41.4. The van der Waals surface area contributed by atoms with Crippen LogP contribution in [0, 0.1) is 0 Å². The van der Waals surface area contributed by atoms with Crippen molar-refractivity contribution in [2.24, 2.45) is 0 Å². The number of aromatic amines is 1. The average Bonchev–Trinajstić information content (AvgIpc) is 3.52. The summed E-state index contributed by atoms with van der Waals surface area (Å²) in [4.78, 5) is 73.4. The molecule has 0 saturated carbocycles. The molecule has 0 saturated heterocycles. The van der Waals surface area contributed by atoms with Crippen molar-refractivity contribution in [1.29, 1.82) is 0 Å². The van der Waals surface area contributed by atoms with E-state index in [-0.39, 0.29) is 23.3 Å². The second-order valence-corrected chi connectivity index (χ2v) is 13.3. The van der Waals surface area contributed by atoms with Crippen LogP contribution in [0.1, 0.15) is 54.0 Å². The fraction of sp³-hybridized carbons (Fsp3) is 0.178. The highest BCUT2D eigenvalue weighted by atomic mass is 16.7. The van der Waals surface area contributed by atoms with Crippen molar-refractivity contribution >= 4 is 17.8 Å². The minimum atomic E-state index is -1.38. The summed E-state index contributed by atoms with van der Waals surface area (Å²) < 4.78 is 31.3. The summed E-state index contributed by atoms with van der Waals surface area (Å²) in [5.41, 5.74) is -0.166. The number of carbonyl (C=O) groups excluding carboxylic acids is 3. The molecule has 0 spiro atoms. The fourth-order valence-electron chi connectivity index (χ4n) is 6.73. The lowest BCUT2D eigenvalue weighted by Crippen LogP contribution is -2.42. The maximum absolute atomic E-state index is 13.4. The number of hydrogen-bond donors (Lipinski definition) is 1. The van der Waals surface area contributed by atoms with Gasteiger partial charge in [0, 0.05) is 12.3 Å². The molecule has 7 rings (SSSR count). The monoisotopic (exact) mass is 797 g/mol.